The van der Waals surface area contributed by atoms with E-state index in [-0.39, 0.29) is 30.3 Å². The van der Waals surface area contributed by atoms with Crippen LogP contribution in [-0.4, -0.2) is 67.2 Å². The van der Waals surface area contributed by atoms with Gasteiger partial charge in [0, 0.05) is 13.1 Å². The van der Waals surface area contributed by atoms with E-state index in [4.69, 9.17) is 4.74 Å². The molecular formula is C29H42N2O7S. The summed E-state index contributed by atoms with van der Waals surface area (Å²) in [4.78, 5) is 24.9. The van der Waals surface area contributed by atoms with Crippen molar-refractivity contribution in [1.82, 2.24) is 9.62 Å². The van der Waals surface area contributed by atoms with E-state index in [9.17, 15) is 28.2 Å². The van der Waals surface area contributed by atoms with Gasteiger partial charge >= 0.3 is 5.97 Å². The van der Waals surface area contributed by atoms with Gasteiger partial charge in [-0.1, -0.05) is 51.1 Å². The average molecular weight is 563 g/mol. The van der Waals surface area contributed by atoms with Crippen LogP contribution in [-0.2, 0) is 26.0 Å². The molecule has 3 atom stereocenters. The maximum Gasteiger partial charge on any atom is 0.309 e. The Balaban J connectivity index is 2.38. The van der Waals surface area contributed by atoms with Gasteiger partial charge in [-0.2, -0.15) is 4.31 Å². The van der Waals surface area contributed by atoms with Crippen molar-refractivity contribution in [1.29, 1.82) is 0 Å². The number of carbonyl (C=O) groups is 2. The molecule has 0 radical (unpaired) electrons. The van der Waals surface area contributed by atoms with Crippen LogP contribution in [0.3, 0.4) is 0 Å². The minimum Gasteiger partial charge on any atom is -0.497 e. The number of methoxy groups -OCH3 is 1. The van der Waals surface area contributed by atoms with Gasteiger partial charge in [-0.25, -0.2) is 8.42 Å². The number of aliphatic carboxylic acids is 1. The highest BCUT2D eigenvalue weighted by Crippen LogP contribution is 2.27. The molecule has 0 spiro atoms. The van der Waals surface area contributed by atoms with Crippen molar-refractivity contribution in [3.63, 3.8) is 0 Å². The molecule has 0 aromatic heterocycles. The zero-order valence-electron chi connectivity index (χ0n) is 23.6. The van der Waals surface area contributed by atoms with Crippen LogP contribution in [0.15, 0.2) is 59.5 Å². The van der Waals surface area contributed by atoms with E-state index >= 15 is 0 Å². The number of ether oxygens (including phenoxy) is 1. The molecule has 39 heavy (non-hydrogen) atoms. The van der Waals surface area contributed by atoms with Crippen molar-refractivity contribution in [2.75, 3.05) is 20.2 Å². The van der Waals surface area contributed by atoms with Gasteiger partial charge in [0.2, 0.25) is 15.9 Å². The number of sulfonamides is 1. The zero-order chi connectivity index (χ0) is 29.4. The number of aliphatic hydroxyl groups excluding tert-OH is 1. The van der Waals surface area contributed by atoms with E-state index in [1.165, 1.54) is 44.3 Å². The molecule has 2 aromatic carbocycles. The summed E-state index contributed by atoms with van der Waals surface area (Å²) >= 11 is 0. The van der Waals surface area contributed by atoms with Gasteiger partial charge in [0.25, 0.3) is 0 Å². The molecule has 0 saturated carbocycles. The number of hydrogen-bond donors (Lipinski definition) is 3. The van der Waals surface area contributed by atoms with Gasteiger partial charge in [-0.05, 0) is 62.4 Å². The summed E-state index contributed by atoms with van der Waals surface area (Å²) < 4.78 is 33.6. The van der Waals surface area contributed by atoms with Crippen LogP contribution < -0.4 is 10.1 Å². The van der Waals surface area contributed by atoms with E-state index in [1.54, 1.807) is 12.1 Å². The molecule has 216 valence electrons. The largest absolute Gasteiger partial charge is 0.497 e. The molecule has 0 aliphatic carbocycles. The Morgan fingerprint density at radius 2 is 1.62 bits per heavy atom. The van der Waals surface area contributed by atoms with Gasteiger partial charge in [0.1, 0.15) is 5.75 Å². The summed E-state index contributed by atoms with van der Waals surface area (Å²) in [6.07, 6.45) is -0.467. The highest BCUT2D eigenvalue weighted by molar-refractivity contribution is 7.89. The summed E-state index contributed by atoms with van der Waals surface area (Å²) in [6, 6.07) is 14.4. The van der Waals surface area contributed by atoms with E-state index in [0.29, 0.717) is 12.2 Å². The SMILES string of the molecule is COc1ccc(S(=O)(=O)N(CCC(C)C)CC(O)C(Cc2ccccc2)NC(=O)C(C)C(C)(C)C(=O)O)cc1. The van der Waals surface area contributed by atoms with Gasteiger partial charge in [-0.3, -0.25) is 9.59 Å². The second kappa shape index (κ2) is 13.9. The van der Waals surface area contributed by atoms with Crippen molar-refractivity contribution in [3.05, 3.63) is 60.2 Å². The summed E-state index contributed by atoms with van der Waals surface area (Å²) in [7, 11) is -2.48. The number of aliphatic hydroxyl groups is 1. The number of hydrogen-bond acceptors (Lipinski definition) is 6. The van der Waals surface area contributed by atoms with Crippen LogP contribution in [0.5, 0.6) is 5.75 Å². The molecule has 3 N–H and O–H groups in total. The van der Waals surface area contributed by atoms with Crippen LogP contribution in [0.1, 0.15) is 46.6 Å². The standard InChI is InChI=1S/C29H42N2O7S/c1-20(2)16-17-31(39(36,37)24-14-12-23(38-6)13-15-24)19-26(32)25(18-22-10-8-7-9-11-22)30-27(33)21(3)29(4,5)28(34)35/h7-15,20-21,25-26,32H,16-19H2,1-6H3,(H,30,33)(H,34,35). The van der Waals surface area contributed by atoms with Gasteiger partial charge < -0.3 is 20.3 Å². The van der Waals surface area contributed by atoms with E-state index in [0.717, 1.165) is 5.56 Å². The number of amides is 1. The molecule has 0 bridgehead atoms. The molecule has 10 heteroatoms. The van der Waals surface area contributed by atoms with Crippen LogP contribution in [0.4, 0.5) is 0 Å². The van der Waals surface area contributed by atoms with Crippen molar-refractivity contribution in [2.45, 2.75) is 64.5 Å². The lowest BCUT2D eigenvalue weighted by Crippen LogP contribution is -2.53. The minimum absolute atomic E-state index is 0.0692. The first kappa shape index (κ1) is 32.3. The van der Waals surface area contributed by atoms with Crippen molar-refractivity contribution in [3.8, 4) is 5.75 Å². The van der Waals surface area contributed by atoms with E-state index in [1.807, 2.05) is 44.2 Å². The number of nitrogens with one attached hydrogen (secondary N) is 1. The van der Waals surface area contributed by atoms with Gasteiger partial charge in [-0.15, -0.1) is 0 Å². The lowest BCUT2D eigenvalue weighted by atomic mass is 9.79. The fourth-order valence-corrected chi connectivity index (χ4v) is 5.39. The smallest absolute Gasteiger partial charge is 0.309 e. The fourth-order valence-electron chi connectivity index (χ4n) is 3.92. The number of carbonyl (C=O) groups excluding carboxylic acids is 1. The molecule has 3 unspecified atom stereocenters. The molecule has 0 fully saturated rings. The molecular weight excluding hydrogens is 520 g/mol. The Hall–Kier alpha value is -2.95. The number of rotatable bonds is 15. The Kier molecular flexibility index (Phi) is 11.5. The number of carboxylic acid groups (broad SMARTS) is 1. The molecule has 0 saturated heterocycles. The normalized spacial score (nSPS) is 14.6. The zero-order valence-corrected chi connectivity index (χ0v) is 24.4. The second-order valence-electron chi connectivity index (χ2n) is 10.8. The van der Waals surface area contributed by atoms with Crippen LogP contribution in [0.2, 0.25) is 0 Å². The van der Waals surface area contributed by atoms with Gasteiger partial charge in [0.05, 0.1) is 35.5 Å². The maximum absolute atomic E-state index is 13.6. The lowest BCUT2D eigenvalue weighted by Gasteiger charge is -2.32. The highest BCUT2D eigenvalue weighted by Gasteiger charge is 2.40. The fraction of sp³-hybridized carbons (Fsp3) is 0.517. The maximum atomic E-state index is 13.6. The van der Waals surface area contributed by atoms with Crippen LogP contribution in [0, 0.1) is 17.3 Å². The Morgan fingerprint density at radius 3 is 2.13 bits per heavy atom. The molecule has 9 nitrogen and oxygen atoms in total. The average Bonchev–Trinajstić information content (AvgIpc) is 2.90. The lowest BCUT2D eigenvalue weighted by molar-refractivity contribution is -0.153. The first-order valence-corrected chi connectivity index (χ1v) is 14.5. The highest BCUT2D eigenvalue weighted by atomic mass is 32.2. The predicted octanol–water partition coefficient (Wildman–Crippen LogP) is 3.57. The summed E-state index contributed by atoms with van der Waals surface area (Å²) in [5.41, 5.74) is -0.508. The molecule has 0 aliphatic heterocycles. The molecule has 0 aliphatic rings. The number of carboxylic acids is 1. The monoisotopic (exact) mass is 562 g/mol. The topological polar surface area (TPSA) is 133 Å². The first-order valence-electron chi connectivity index (χ1n) is 13.1. The second-order valence-corrected chi connectivity index (χ2v) is 12.8. The molecule has 2 aromatic rings. The molecule has 0 heterocycles. The predicted molar refractivity (Wildman–Crippen MR) is 150 cm³/mol. The third kappa shape index (κ3) is 8.78. The Morgan fingerprint density at radius 1 is 1.03 bits per heavy atom. The van der Waals surface area contributed by atoms with Crippen LogP contribution >= 0.6 is 0 Å². The molecule has 2 rings (SSSR count). The number of nitrogens with zero attached hydrogens (tertiary/aromatic N) is 1. The van der Waals surface area contributed by atoms with E-state index < -0.39 is 45.4 Å². The summed E-state index contributed by atoms with van der Waals surface area (Å²) in [6.45, 7) is 8.36. The molecule has 1 amide bonds. The van der Waals surface area contributed by atoms with Crippen molar-refractivity contribution >= 4 is 21.9 Å². The van der Waals surface area contributed by atoms with Crippen LogP contribution in [0.25, 0.3) is 0 Å². The third-order valence-electron chi connectivity index (χ3n) is 7.16. The quantitative estimate of drug-likeness (QED) is 0.302. The summed E-state index contributed by atoms with van der Waals surface area (Å²) in [5, 5.41) is 23.8. The van der Waals surface area contributed by atoms with E-state index in [2.05, 4.69) is 5.32 Å². The third-order valence-corrected chi connectivity index (χ3v) is 9.04. The minimum atomic E-state index is -3.98. The summed E-state index contributed by atoms with van der Waals surface area (Å²) in [5.74, 6) is -1.81. The Bertz CT molecular complexity index is 1180. The Labute approximate surface area is 232 Å². The van der Waals surface area contributed by atoms with Gasteiger partial charge in [0.15, 0.2) is 0 Å². The first-order chi connectivity index (χ1) is 18.2. The number of benzene rings is 2. The van der Waals surface area contributed by atoms with Crippen molar-refractivity contribution in [2.24, 2.45) is 17.3 Å². The van der Waals surface area contributed by atoms with Crippen molar-refractivity contribution < 1.29 is 33.0 Å².